The minimum atomic E-state index is 0.524. The SMILES string of the molecule is CC1CCNCCN1[C@H](C)c1ccccc1. The van der Waals surface area contributed by atoms with Crippen LogP contribution in [0.1, 0.15) is 31.9 Å². The summed E-state index contributed by atoms with van der Waals surface area (Å²) in [5.41, 5.74) is 1.43. The second-order valence-corrected chi connectivity index (χ2v) is 4.71. The molecule has 16 heavy (non-hydrogen) atoms. The molecule has 0 aliphatic carbocycles. The molecule has 0 radical (unpaired) electrons. The summed E-state index contributed by atoms with van der Waals surface area (Å²) in [6, 6.07) is 12.0. The van der Waals surface area contributed by atoms with Crippen molar-refractivity contribution in [1.82, 2.24) is 10.2 Å². The molecule has 2 atom stereocenters. The van der Waals surface area contributed by atoms with Crippen molar-refractivity contribution in [3.63, 3.8) is 0 Å². The predicted molar refractivity (Wildman–Crippen MR) is 68.5 cm³/mol. The summed E-state index contributed by atoms with van der Waals surface area (Å²) in [6.07, 6.45) is 1.25. The van der Waals surface area contributed by atoms with E-state index in [9.17, 15) is 0 Å². The fraction of sp³-hybridized carbons (Fsp3) is 0.571. The molecular weight excluding hydrogens is 196 g/mol. The van der Waals surface area contributed by atoms with Gasteiger partial charge in [0.15, 0.2) is 0 Å². The third-order valence-corrected chi connectivity index (χ3v) is 3.63. The maximum absolute atomic E-state index is 3.47. The maximum Gasteiger partial charge on any atom is 0.0323 e. The highest BCUT2D eigenvalue weighted by molar-refractivity contribution is 5.18. The van der Waals surface area contributed by atoms with E-state index < -0.39 is 0 Å². The van der Waals surface area contributed by atoms with Gasteiger partial charge in [-0.05, 0) is 32.4 Å². The van der Waals surface area contributed by atoms with Gasteiger partial charge in [-0.25, -0.2) is 0 Å². The van der Waals surface area contributed by atoms with Gasteiger partial charge in [-0.1, -0.05) is 30.3 Å². The molecule has 2 nitrogen and oxygen atoms in total. The van der Waals surface area contributed by atoms with Gasteiger partial charge in [0.2, 0.25) is 0 Å². The third kappa shape index (κ3) is 2.63. The second-order valence-electron chi connectivity index (χ2n) is 4.71. The Morgan fingerprint density at radius 1 is 1.25 bits per heavy atom. The van der Waals surface area contributed by atoms with Gasteiger partial charge >= 0.3 is 0 Å². The Morgan fingerprint density at radius 2 is 2.00 bits per heavy atom. The van der Waals surface area contributed by atoms with Gasteiger partial charge in [-0.2, -0.15) is 0 Å². The first-order chi connectivity index (χ1) is 7.79. The number of benzene rings is 1. The molecule has 0 spiro atoms. The molecule has 1 unspecified atom stereocenters. The number of nitrogens with zero attached hydrogens (tertiary/aromatic N) is 1. The lowest BCUT2D eigenvalue weighted by Gasteiger charge is -2.33. The normalized spacial score (nSPS) is 25.0. The van der Waals surface area contributed by atoms with Crippen LogP contribution in [0.4, 0.5) is 0 Å². The fourth-order valence-electron chi connectivity index (χ4n) is 2.53. The van der Waals surface area contributed by atoms with Crippen LogP contribution in [0.2, 0.25) is 0 Å². The first-order valence-electron chi connectivity index (χ1n) is 6.30. The van der Waals surface area contributed by atoms with E-state index in [0.29, 0.717) is 12.1 Å². The molecule has 0 saturated carbocycles. The van der Waals surface area contributed by atoms with Crippen LogP contribution in [0.5, 0.6) is 0 Å². The van der Waals surface area contributed by atoms with Crippen molar-refractivity contribution in [3.8, 4) is 0 Å². The Bertz CT molecular complexity index is 310. The Morgan fingerprint density at radius 3 is 2.75 bits per heavy atom. The topological polar surface area (TPSA) is 15.3 Å². The standard InChI is InChI=1S/C14H22N2/c1-12-8-9-15-10-11-16(12)13(2)14-6-4-3-5-7-14/h3-7,12-13,15H,8-11H2,1-2H3/t12?,13-/m1/s1. The molecule has 0 amide bonds. The lowest BCUT2D eigenvalue weighted by molar-refractivity contribution is 0.163. The molecule has 88 valence electrons. The monoisotopic (exact) mass is 218 g/mol. The summed E-state index contributed by atoms with van der Waals surface area (Å²) in [5, 5.41) is 3.47. The van der Waals surface area contributed by atoms with Crippen molar-refractivity contribution in [2.24, 2.45) is 0 Å². The zero-order valence-electron chi connectivity index (χ0n) is 10.3. The molecule has 1 N–H and O–H groups in total. The molecule has 1 aromatic carbocycles. The number of hydrogen-bond donors (Lipinski definition) is 1. The molecule has 0 aromatic heterocycles. The van der Waals surface area contributed by atoms with Gasteiger partial charge in [-0.3, -0.25) is 4.90 Å². The van der Waals surface area contributed by atoms with Crippen molar-refractivity contribution in [3.05, 3.63) is 35.9 Å². The van der Waals surface area contributed by atoms with E-state index in [-0.39, 0.29) is 0 Å². The van der Waals surface area contributed by atoms with Crippen molar-refractivity contribution in [2.75, 3.05) is 19.6 Å². The van der Waals surface area contributed by atoms with E-state index in [1.54, 1.807) is 0 Å². The maximum atomic E-state index is 3.47. The van der Waals surface area contributed by atoms with Gasteiger partial charge in [0.05, 0.1) is 0 Å². The Balaban J connectivity index is 2.10. The van der Waals surface area contributed by atoms with Gasteiger partial charge in [0.1, 0.15) is 0 Å². The van der Waals surface area contributed by atoms with Crippen LogP contribution in [0.15, 0.2) is 30.3 Å². The molecule has 0 bridgehead atoms. The van der Waals surface area contributed by atoms with Gasteiger partial charge < -0.3 is 5.32 Å². The molecule has 1 heterocycles. The molecule has 1 aromatic rings. The second kappa shape index (κ2) is 5.46. The summed E-state index contributed by atoms with van der Waals surface area (Å²) >= 11 is 0. The third-order valence-electron chi connectivity index (χ3n) is 3.63. The highest BCUT2D eigenvalue weighted by Crippen LogP contribution is 2.23. The summed E-state index contributed by atoms with van der Waals surface area (Å²) < 4.78 is 0. The lowest BCUT2D eigenvalue weighted by atomic mass is 10.0. The molecular formula is C14H22N2. The molecule has 2 heteroatoms. The molecule has 1 fully saturated rings. The van der Waals surface area contributed by atoms with E-state index in [1.807, 2.05) is 0 Å². The molecule has 2 rings (SSSR count). The zero-order chi connectivity index (χ0) is 11.4. The van der Waals surface area contributed by atoms with Crippen molar-refractivity contribution < 1.29 is 0 Å². The van der Waals surface area contributed by atoms with Crippen LogP contribution >= 0.6 is 0 Å². The smallest absolute Gasteiger partial charge is 0.0323 e. The van der Waals surface area contributed by atoms with Crippen LogP contribution in [-0.2, 0) is 0 Å². The minimum absolute atomic E-state index is 0.524. The van der Waals surface area contributed by atoms with E-state index in [4.69, 9.17) is 0 Å². The first kappa shape index (κ1) is 11.6. The Labute approximate surface area is 98.7 Å². The molecule has 1 saturated heterocycles. The van der Waals surface area contributed by atoms with Crippen LogP contribution < -0.4 is 5.32 Å². The van der Waals surface area contributed by atoms with E-state index in [0.717, 1.165) is 19.6 Å². The minimum Gasteiger partial charge on any atom is -0.315 e. The van der Waals surface area contributed by atoms with Gasteiger partial charge in [0.25, 0.3) is 0 Å². The number of nitrogens with one attached hydrogen (secondary N) is 1. The lowest BCUT2D eigenvalue weighted by Crippen LogP contribution is -2.36. The van der Waals surface area contributed by atoms with Crippen LogP contribution in [0.25, 0.3) is 0 Å². The summed E-state index contributed by atoms with van der Waals surface area (Å²) in [7, 11) is 0. The molecule has 1 aliphatic heterocycles. The van der Waals surface area contributed by atoms with Crippen LogP contribution in [0.3, 0.4) is 0 Å². The average molecular weight is 218 g/mol. The van der Waals surface area contributed by atoms with Crippen LogP contribution in [-0.4, -0.2) is 30.6 Å². The number of rotatable bonds is 2. The van der Waals surface area contributed by atoms with Crippen LogP contribution in [0, 0.1) is 0 Å². The van der Waals surface area contributed by atoms with Gasteiger partial charge in [0, 0.05) is 25.2 Å². The number of hydrogen-bond acceptors (Lipinski definition) is 2. The zero-order valence-corrected chi connectivity index (χ0v) is 10.3. The largest absolute Gasteiger partial charge is 0.315 e. The summed E-state index contributed by atoms with van der Waals surface area (Å²) in [4.78, 5) is 2.61. The van der Waals surface area contributed by atoms with Crippen molar-refractivity contribution >= 4 is 0 Å². The summed E-state index contributed by atoms with van der Waals surface area (Å²) in [6.45, 7) is 8.07. The molecule has 1 aliphatic rings. The van der Waals surface area contributed by atoms with Crippen molar-refractivity contribution in [2.45, 2.75) is 32.4 Å². The average Bonchev–Trinajstić information content (AvgIpc) is 2.54. The highest BCUT2D eigenvalue weighted by Gasteiger charge is 2.22. The quantitative estimate of drug-likeness (QED) is 0.820. The first-order valence-corrected chi connectivity index (χ1v) is 6.30. The Hall–Kier alpha value is -0.860. The fourth-order valence-corrected chi connectivity index (χ4v) is 2.53. The van der Waals surface area contributed by atoms with Gasteiger partial charge in [-0.15, -0.1) is 0 Å². The van der Waals surface area contributed by atoms with Crippen molar-refractivity contribution in [1.29, 1.82) is 0 Å². The van der Waals surface area contributed by atoms with E-state index in [1.165, 1.54) is 12.0 Å². The predicted octanol–water partition coefficient (Wildman–Crippen LogP) is 2.43. The van der Waals surface area contributed by atoms with E-state index in [2.05, 4.69) is 54.4 Å². The Kier molecular flexibility index (Phi) is 3.97. The highest BCUT2D eigenvalue weighted by atomic mass is 15.2. The van der Waals surface area contributed by atoms with E-state index >= 15 is 0 Å². The summed E-state index contributed by atoms with van der Waals surface area (Å²) in [5.74, 6) is 0.